The van der Waals surface area contributed by atoms with Crippen LogP contribution in [0, 0.1) is 12.8 Å². The van der Waals surface area contributed by atoms with Gasteiger partial charge in [0.15, 0.2) is 0 Å². The van der Waals surface area contributed by atoms with E-state index < -0.39 is 0 Å². The number of unbranched alkanes of at least 4 members (excludes halogenated alkanes) is 1. The van der Waals surface area contributed by atoms with Gasteiger partial charge in [-0.25, -0.2) is 0 Å². The highest BCUT2D eigenvalue weighted by atomic mass is 14.9. The summed E-state index contributed by atoms with van der Waals surface area (Å²) in [6.07, 6.45) is 3.97. The predicted molar refractivity (Wildman–Crippen MR) is 76.3 cm³/mol. The first kappa shape index (κ1) is 14.2. The van der Waals surface area contributed by atoms with Gasteiger partial charge >= 0.3 is 0 Å². The number of hydrogen-bond donors (Lipinski definition) is 1. The summed E-state index contributed by atoms with van der Waals surface area (Å²) in [5.41, 5.74) is 2.74. The van der Waals surface area contributed by atoms with Crippen molar-refractivity contribution in [3.63, 3.8) is 0 Å². The lowest BCUT2D eigenvalue weighted by Gasteiger charge is -2.15. The third-order valence-electron chi connectivity index (χ3n) is 3.20. The van der Waals surface area contributed by atoms with Crippen LogP contribution in [0.1, 0.15) is 57.2 Å². The van der Waals surface area contributed by atoms with E-state index in [1.807, 2.05) is 0 Å². The Labute approximate surface area is 107 Å². The lowest BCUT2D eigenvalue weighted by molar-refractivity contribution is 0.498. The van der Waals surface area contributed by atoms with E-state index in [0.717, 1.165) is 12.5 Å². The fourth-order valence-corrected chi connectivity index (χ4v) is 2.05. The summed E-state index contributed by atoms with van der Waals surface area (Å²) < 4.78 is 0. The standard InChI is InChI=1S/C16H27N/c1-13(2)8-5-6-11-17-15(4)16-10-7-9-14(3)12-16/h7,9-10,12-13,15,17H,5-6,8,11H2,1-4H3. The Bertz CT molecular complexity index is 317. The second-order valence-corrected chi connectivity index (χ2v) is 5.48. The Morgan fingerprint density at radius 2 is 1.88 bits per heavy atom. The van der Waals surface area contributed by atoms with Crippen LogP contribution in [-0.2, 0) is 0 Å². The van der Waals surface area contributed by atoms with Gasteiger partial charge in [-0.1, -0.05) is 56.5 Å². The molecular formula is C16H27N. The van der Waals surface area contributed by atoms with Crippen molar-refractivity contribution in [2.45, 2.75) is 53.0 Å². The minimum absolute atomic E-state index is 0.467. The van der Waals surface area contributed by atoms with Crippen LogP contribution in [0.3, 0.4) is 0 Å². The highest BCUT2D eigenvalue weighted by Crippen LogP contribution is 2.14. The van der Waals surface area contributed by atoms with Crippen LogP contribution in [0.25, 0.3) is 0 Å². The molecule has 1 aromatic carbocycles. The van der Waals surface area contributed by atoms with Gasteiger partial charge in [0.05, 0.1) is 0 Å². The van der Waals surface area contributed by atoms with Crippen molar-refractivity contribution in [1.82, 2.24) is 5.32 Å². The molecule has 0 saturated heterocycles. The molecule has 0 fully saturated rings. The zero-order valence-electron chi connectivity index (χ0n) is 11.8. The molecule has 0 aliphatic rings. The minimum Gasteiger partial charge on any atom is -0.310 e. The second kappa shape index (κ2) is 7.50. The summed E-state index contributed by atoms with van der Waals surface area (Å²) in [5.74, 6) is 0.837. The summed E-state index contributed by atoms with van der Waals surface area (Å²) in [5, 5.41) is 3.60. The van der Waals surface area contributed by atoms with E-state index in [2.05, 4.69) is 57.3 Å². The second-order valence-electron chi connectivity index (χ2n) is 5.48. The Kier molecular flexibility index (Phi) is 6.28. The van der Waals surface area contributed by atoms with Crippen molar-refractivity contribution in [3.8, 4) is 0 Å². The van der Waals surface area contributed by atoms with Crippen molar-refractivity contribution in [1.29, 1.82) is 0 Å². The molecule has 0 aromatic heterocycles. The van der Waals surface area contributed by atoms with Crippen LogP contribution in [0.5, 0.6) is 0 Å². The third kappa shape index (κ3) is 5.88. The molecule has 1 rings (SSSR count). The molecule has 17 heavy (non-hydrogen) atoms. The zero-order chi connectivity index (χ0) is 12.7. The SMILES string of the molecule is Cc1cccc(C(C)NCCCCC(C)C)c1. The summed E-state index contributed by atoms with van der Waals surface area (Å²) in [6, 6.07) is 9.24. The van der Waals surface area contributed by atoms with Gasteiger partial charge in [0.1, 0.15) is 0 Å². The van der Waals surface area contributed by atoms with Crippen molar-refractivity contribution < 1.29 is 0 Å². The molecular weight excluding hydrogens is 206 g/mol. The van der Waals surface area contributed by atoms with Crippen LogP contribution in [-0.4, -0.2) is 6.54 Å². The van der Waals surface area contributed by atoms with Gasteiger partial charge < -0.3 is 5.32 Å². The van der Waals surface area contributed by atoms with E-state index >= 15 is 0 Å². The molecule has 0 aliphatic heterocycles. The van der Waals surface area contributed by atoms with Gasteiger partial charge in [0.2, 0.25) is 0 Å². The highest BCUT2D eigenvalue weighted by molar-refractivity contribution is 5.24. The van der Waals surface area contributed by atoms with E-state index in [0.29, 0.717) is 6.04 Å². The quantitative estimate of drug-likeness (QED) is 0.685. The van der Waals surface area contributed by atoms with Gasteiger partial charge in [-0.05, 0) is 38.3 Å². The van der Waals surface area contributed by atoms with Gasteiger partial charge in [-0.15, -0.1) is 0 Å². The van der Waals surface area contributed by atoms with Gasteiger partial charge in [-0.2, -0.15) is 0 Å². The van der Waals surface area contributed by atoms with E-state index in [1.165, 1.54) is 30.4 Å². The van der Waals surface area contributed by atoms with Crippen LogP contribution in [0.2, 0.25) is 0 Å². The molecule has 0 saturated carbocycles. The fourth-order valence-electron chi connectivity index (χ4n) is 2.05. The minimum atomic E-state index is 0.467. The van der Waals surface area contributed by atoms with Crippen LogP contribution in [0.15, 0.2) is 24.3 Å². The first-order valence-electron chi connectivity index (χ1n) is 6.89. The molecule has 1 atom stereocenters. The maximum atomic E-state index is 3.60. The average molecular weight is 233 g/mol. The molecule has 0 spiro atoms. The van der Waals surface area contributed by atoms with Crippen molar-refractivity contribution in [3.05, 3.63) is 35.4 Å². The van der Waals surface area contributed by atoms with Crippen molar-refractivity contribution in [2.75, 3.05) is 6.54 Å². The highest BCUT2D eigenvalue weighted by Gasteiger charge is 2.03. The summed E-state index contributed by atoms with van der Waals surface area (Å²) in [4.78, 5) is 0. The lowest BCUT2D eigenvalue weighted by Crippen LogP contribution is -2.19. The summed E-state index contributed by atoms with van der Waals surface area (Å²) in [6.45, 7) is 10.1. The maximum Gasteiger partial charge on any atom is 0.0291 e. The fraction of sp³-hybridized carbons (Fsp3) is 0.625. The van der Waals surface area contributed by atoms with Crippen LogP contribution >= 0.6 is 0 Å². The first-order chi connectivity index (χ1) is 8.09. The Balaban J connectivity index is 2.23. The number of aryl methyl sites for hydroxylation is 1. The number of hydrogen-bond acceptors (Lipinski definition) is 1. The summed E-state index contributed by atoms with van der Waals surface area (Å²) >= 11 is 0. The monoisotopic (exact) mass is 233 g/mol. The molecule has 1 aromatic rings. The average Bonchev–Trinajstić information content (AvgIpc) is 2.28. The van der Waals surface area contributed by atoms with Crippen molar-refractivity contribution >= 4 is 0 Å². The van der Waals surface area contributed by atoms with E-state index in [4.69, 9.17) is 0 Å². The van der Waals surface area contributed by atoms with Gasteiger partial charge in [0, 0.05) is 6.04 Å². The molecule has 1 unspecified atom stereocenters. The zero-order valence-corrected chi connectivity index (χ0v) is 11.8. The third-order valence-corrected chi connectivity index (χ3v) is 3.20. The van der Waals surface area contributed by atoms with Crippen LogP contribution < -0.4 is 5.32 Å². The lowest BCUT2D eigenvalue weighted by atomic mass is 10.0. The maximum absolute atomic E-state index is 3.60. The molecule has 1 heteroatoms. The van der Waals surface area contributed by atoms with Gasteiger partial charge in [0.25, 0.3) is 0 Å². The molecule has 0 bridgehead atoms. The molecule has 0 amide bonds. The van der Waals surface area contributed by atoms with E-state index in [-0.39, 0.29) is 0 Å². The van der Waals surface area contributed by atoms with Gasteiger partial charge in [-0.3, -0.25) is 0 Å². The van der Waals surface area contributed by atoms with E-state index in [1.54, 1.807) is 0 Å². The molecule has 0 heterocycles. The number of rotatable bonds is 7. The Morgan fingerprint density at radius 1 is 1.12 bits per heavy atom. The normalized spacial score (nSPS) is 13.0. The molecule has 96 valence electrons. The first-order valence-corrected chi connectivity index (χ1v) is 6.89. The Morgan fingerprint density at radius 3 is 2.53 bits per heavy atom. The topological polar surface area (TPSA) is 12.0 Å². The molecule has 0 aliphatic carbocycles. The largest absolute Gasteiger partial charge is 0.310 e. The number of nitrogens with one attached hydrogen (secondary N) is 1. The van der Waals surface area contributed by atoms with E-state index in [9.17, 15) is 0 Å². The Hall–Kier alpha value is -0.820. The predicted octanol–water partition coefficient (Wildman–Crippen LogP) is 4.47. The molecule has 0 radical (unpaired) electrons. The molecule has 1 N–H and O–H groups in total. The smallest absolute Gasteiger partial charge is 0.0291 e. The van der Waals surface area contributed by atoms with Crippen LogP contribution in [0.4, 0.5) is 0 Å². The number of benzene rings is 1. The van der Waals surface area contributed by atoms with Crippen molar-refractivity contribution in [2.24, 2.45) is 5.92 Å². The molecule has 1 nitrogen and oxygen atoms in total. The summed E-state index contributed by atoms with van der Waals surface area (Å²) in [7, 11) is 0.